The number of carbonyl (C=O) groups is 9. The van der Waals surface area contributed by atoms with Crippen molar-refractivity contribution in [1.29, 1.82) is 0 Å². The van der Waals surface area contributed by atoms with Crippen LogP contribution < -0.4 is 32.3 Å². The Morgan fingerprint density at radius 1 is 0.848 bits per heavy atom. The highest BCUT2D eigenvalue weighted by Gasteiger charge is 2.47. The summed E-state index contributed by atoms with van der Waals surface area (Å²) in [5.41, 5.74) is 5.90. The molecule has 8 amide bonds. The Kier molecular flexibility index (Phi) is 20.4. The average molecular weight is 929 g/mol. The first-order valence-electron chi connectivity index (χ1n) is 23.0. The summed E-state index contributed by atoms with van der Waals surface area (Å²) in [5.74, 6) is -9.27. The van der Waals surface area contributed by atoms with Crippen LogP contribution in [0.5, 0.6) is 5.75 Å². The van der Waals surface area contributed by atoms with Gasteiger partial charge in [-0.05, 0) is 68.1 Å². The Labute approximate surface area is 387 Å². The Balaban J connectivity index is 2.27. The molecule has 0 radical (unpaired) electrons. The minimum Gasteiger partial charge on any atom is -0.508 e. The van der Waals surface area contributed by atoms with Crippen LogP contribution in [-0.4, -0.2) is 135 Å². The van der Waals surface area contributed by atoms with E-state index < -0.39 is 126 Å². The fourth-order valence-corrected chi connectivity index (χ4v) is 7.87. The summed E-state index contributed by atoms with van der Waals surface area (Å²) < 4.78 is 5.91. The number of rotatable bonds is 15. The zero-order valence-corrected chi connectivity index (χ0v) is 39.9. The number of carbonyl (C=O) groups excluding carboxylic acids is 9. The maximum Gasteiger partial charge on any atom is 0.329 e. The van der Waals surface area contributed by atoms with Crippen molar-refractivity contribution < 1.29 is 58.1 Å². The first-order chi connectivity index (χ1) is 30.9. The molecular weight excluding hydrogens is 857 g/mol. The van der Waals surface area contributed by atoms with E-state index in [0.717, 1.165) is 9.80 Å². The molecule has 0 aliphatic carbocycles. The molecule has 2 bridgehead atoms. The van der Waals surface area contributed by atoms with Crippen molar-refractivity contribution in [2.75, 3.05) is 7.05 Å². The highest BCUT2D eigenvalue weighted by atomic mass is 16.5. The predicted octanol–water partition coefficient (Wildman–Crippen LogP) is 0.500. The van der Waals surface area contributed by atoms with Crippen LogP contribution in [0.15, 0.2) is 24.3 Å². The number of phenols is 1. The Morgan fingerprint density at radius 2 is 1.47 bits per heavy atom. The maximum absolute atomic E-state index is 14.9. The smallest absolute Gasteiger partial charge is 0.329 e. The molecule has 20 nitrogen and oxygen atoms in total. The van der Waals surface area contributed by atoms with Gasteiger partial charge in [-0.3, -0.25) is 38.4 Å². The van der Waals surface area contributed by atoms with E-state index in [1.54, 1.807) is 67.5 Å². The number of hydrogen-bond acceptors (Lipinski definition) is 12. The maximum atomic E-state index is 14.9. The van der Waals surface area contributed by atoms with E-state index >= 15 is 0 Å². The largest absolute Gasteiger partial charge is 0.508 e. The summed E-state index contributed by atoms with van der Waals surface area (Å²) in [4.78, 5) is 128. The zero-order valence-electron chi connectivity index (χ0n) is 39.9. The second-order valence-corrected chi connectivity index (χ2v) is 18.4. The van der Waals surface area contributed by atoms with Crippen molar-refractivity contribution in [3.8, 4) is 5.75 Å². The standard InChI is InChI=1S/C46H72N8O12/c1-11-25(7)36-46(65)66-27(9)37(52-40(59)30(17-19-34(47)56)48-39(58)24(5)6)43(62)50-32(21-23(3)4)41(60)49-31-18-20-35(57)54(44(31)63)38(26(8)12-2)45(64)53(10)33(42(61)51-36)22-28-13-15-29(55)16-14-28/h13-16,23-27,30-33,35-38,55,57H,11-12,17-22H2,1-10H3,(H2,47,56)(H,48,58)(H,49,60)(H,50,62)(H,51,61)(H,52,59)/t25?,26?,27-,30+,31?,32+,33+,35+,36+,37+,38+/m1/s1. The summed E-state index contributed by atoms with van der Waals surface area (Å²) in [6.45, 7) is 15.0. The van der Waals surface area contributed by atoms with Gasteiger partial charge in [0, 0.05) is 25.8 Å². The van der Waals surface area contributed by atoms with E-state index in [-0.39, 0.29) is 50.2 Å². The Hall–Kier alpha value is -5.79. The predicted molar refractivity (Wildman–Crippen MR) is 241 cm³/mol. The summed E-state index contributed by atoms with van der Waals surface area (Å²) in [6, 6.07) is -3.79. The number of likely N-dealkylation sites (N-methyl/N-ethyl adjacent to an activating group) is 1. The highest BCUT2D eigenvalue weighted by Crippen LogP contribution is 2.28. The Morgan fingerprint density at radius 3 is 2.03 bits per heavy atom. The van der Waals surface area contributed by atoms with Crippen molar-refractivity contribution in [3.05, 3.63) is 29.8 Å². The Bertz CT molecular complexity index is 1910. The van der Waals surface area contributed by atoms with Crippen LogP contribution in [-0.2, 0) is 54.3 Å². The van der Waals surface area contributed by atoms with Crippen LogP contribution in [0, 0.1) is 23.7 Å². The molecule has 2 aliphatic heterocycles. The second-order valence-electron chi connectivity index (χ2n) is 18.4. The number of fused-ring (bicyclic) bond motifs is 2. The fraction of sp³-hybridized carbons (Fsp3) is 0.674. The number of aliphatic hydroxyl groups is 1. The van der Waals surface area contributed by atoms with Gasteiger partial charge in [-0.25, -0.2) is 4.79 Å². The third-order valence-corrected chi connectivity index (χ3v) is 12.4. The number of piperidine rings is 1. The average Bonchev–Trinajstić information content (AvgIpc) is 3.25. The van der Waals surface area contributed by atoms with E-state index in [1.807, 2.05) is 0 Å². The number of amides is 8. The lowest BCUT2D eigenvalue weighted by Crippen LogP contribution is -2.66. The molecule has 66 heavy (non-hydrogen) atoms. The number of esters is 1. The quantitative estimate of drug-likeness (QED) is 0.112. The molecule has 9 N–H and O–H groups in total. The number of nitrogens with two attached hydrogens (primary N) is 1. The van der Waals surface area contributed by atoms with Gasteiger partial charge in [0.2, 0.25) is 47.3 Å². The van der Waals surface area contributed by atoms with Crippen LogP contribution in [0.3, 0.4) is 0 Å². The van der Waals surface area contributed by atoms with Gasteiger partial charge < -0.3 is 57.1 Å². The topological polar surface area (TPSA) is 296 Å². The number of cyclic esters (lactones) is 1. The minimum atomic E-state index is -1.74. The van der Waals surface area contributed by atoms with Crippen LogP contribution in [0.1, 0.15) is 113 Å². The lowest BCUT2D eigenvalue weighted by atomic mass is 9.91. The number of aromatic hydroxyl groups is 1. The van der Waals surface area contributed by atoms with Gasteiger partial charge >= 0.3 is 5.97 Å². The third-order valence-electron chi connectivity index (χ3n) is 12.4. The number of primary amides is 1. The molecule has 0 aromatic heterocycles. The van der Waals surface area contributed by atoms with E-state index in [4.69, 9.17) is 10.5 Å². The lowest BCUT2D eigenvalue weighted by molar-refractivity contribution is -0.168. The number of phenolic OH excluding ortho intramolecular Hbond substituents is 1. The molecule has 2 fully saturated rings. The molecule has 2 aliphatic rings. The highest BCUT2D eigenvalue weighted by molar-refractivity contribution is 5.98. The van der Waals surface area contributed by atoms with E-state index in [1.165, 1.54) is 26.1 Å². The molecule has 0 saturated carbocycles. The van der Waals surface area contributed by atoms with Crippen LogP contribution in [0.25, 0.3) is 0 Å². The molecule has 3 rings (SSSR count). The number of nitrogens with zero attached hydrogens (tertiary/aromatic N) is 2. The molecule has 20 heteroatoms. The van der Waals surface area contributed by atoms with Crippen molar-refractivity contribution >= 4 is 53.2 Å². The van der Waals surface area contributed by atoms with Gasteiger partial charge in [-0.2, -0.15) is 0 Å². The molecular formula is C46H72N8O12. The summed E-state index contributed by atoms with van der Waals surface area (Å²) >= 11 is 0. The molecule has 3 unspecified atom stereocenters. The number of ether oxygens (including phenoxy) is 1. The van der Waals surface area contributed by atoms with Crippen LogP contribution in [0.2, 0.25) is 0 Å². The number of benzene rings is 1. The van der Waals surface area contributed by atoms with E-state index in [0.29, 0.717) is 18.4 Å². The summed E-state index contributed by atoms with van der Waals surface area (Å²) in [5, 5.41) is 34.7. The molecule has 2 heterocycles. The first-order valence-corrected chi connectivity index (χ1v) is 23.0. The molecule has 1 aromatic rings. The van der Waals surface area contributed by atoms with Gasteiger partial charge in [0.15, 0.2) is 0 Å². The van der Waals surface area contributed by atoms with Crippen molar-refractivity contribution in [2.24, 2.45) is 29.4 Å². The first kappa shape index (κ1) is 54.5. The van der Waals surface area contributed by atoms with Gasteiger partial charge in [0.25, 0.3) is 0 Å². The summed E-state index contributed by atoms with van der Waals surface area (Å²) in [7, 11) is 1.38. The molecule has 0 spiro atoms. The van der Waals surface area contributed by atoms with E-state index in [9.17, 15) is 53.4 Å². The van der Waals surface area contributed by atoms with Crippen molar-refractivity contribution in [3.63, 3.8) is 0 Å². The van der Waals surface area contributed by atoms with Crippen LogP contribution in [0.4, 0.5) is 0 Å². The number of aliphatic hydroxyl groups excluding tert-OH is 1. The second kappa shape index (κ2) is 24.7. The normalized spacial score (nSPS) is 26.4. The molecule has 11 atom stereocenters. The van der Waals surface area contributed by atoms with Crippen molar-refractivity contribution in [1.82, 2.24) is 36.4 Å². The van der Waals surface area contributed by atoms with Gasteiger partial charge in [0.05, 0.1) is 0 Å². The van der Waals surface area contributed by atoms with Crippen LogP contribution >= 0.6 is 0 Å². The third kappa shape index (κ3) is 14.6. The fourth-order valence-electron chi connectivity index (χ4n) is 7.87. The molecule has 2 saturated heterocycles. The number of hydrogen-bond donors (Lipinski definition) is 8. The van der Waals surface area contributed by atoms with E-state index in [2.05, 4.69) is 26.6 Å². The SMILES string of the molecule is CCC(C)[C@@H]1NC(=O)[C@H](Cc2ccc(O)cc2)N(C)C(=O)[C@H](C(C)CC)N2C(=O)C(CC[C@@H]2O)NC(=O)[C@H](CC(C)C)NC(=O)[C@@H](NC(=O)[C@H](CCC(N)=O)NC(=O)C(C)C)[C@@H](C)OC1=O. The molecule has 1 aromatic carbocycles. The summed E-state index contributed by atoms with van der Waals surface area (Å²) in [6.07, 6.45) is -2.95. The monoisotopic (exact) mass is 929 g/mol. The van der Waals surface area contributed by atoms with Gasteiger partial charge in [0.1, 0.15) is 60.4 Å². The molecule has 368 valence electrons. The lowest BCUT2D eigenvalue weighted by Gasteiger charge is -2.44. The van der Waals surface area contributed by atoms with Gasteiger partial charge in [-0.15, -0.1) is 0 Å². The zero-order chi connectivity index (χ0) is 49.7. The minimum absolute atomic E-state index is 0.0226. The van der Waals surface area contributed by atoms with Crippen molar-refractivity contribution in [2.45, 2.75) is 168 Å². The number of nitrogens with one attached hydrogen (secondary N) is 5. The van der Waals surface area contributed by atoms with Gasteiger partial charge in [-0.1, -0.05) is 80.4 Å².